The molecular formula is C23H20F2N6O. The molecule has 5 rings (SSSR count). The Bertz CT molecular complexity index is 1310. The lowest BCUT2D eigenvalue weighted by Crippen LogP contribution is -2.47. The van der Waals surface area contributed by atoms with Crippen molar-refractivity contribution < 1.29 is 13.6 Å². The van der Waals surface area contributed by atoms with Crippen LogP contribution in [-0.4, -0.2) is 49.9 Å². The minimum atomic E-state index is -0.965. The van der Waals surface area contributed by atoms with E-state index in [1.54, 1.807) is 30.6 Å². The Balaban J connectivity index is 1.33. The fourth-order valence-corrected chi connectivity index (χ4v) is 4.06. The average molecular weight is 434 g/mol. The van der Waals surface area contributed by atoms with Gasteiger partial charge in [0.1, 0.15) is 5.82 Å². The molecule has 3 heterocycles. The summed E-state index contributed by atoms with van der Waals surface area (Å²) in [4.78, 5) is 32.1. The highest BCUT2D eigenvalue weighted by molar-refractivity contribution is 5.97. The maximum atomic E-state index is 13.5. The first-order valence-corrected chi connectivity index (χ1v) is 10.5. The molecule has 7 nitrogen and oxygen atoms in total. The van der Waals surface area contributed by atoms with Crippen LogP contribution in [0.3, 0.4) is 0 Å². The van der Waals surface area contributed by atoms with Gasteiger partial charge in [0.05, 0.1) is 28.3 Å². The molecule has 4 aromatic rings. The molecule has 1 saturated heterocycles. The highest BCUT2D eigenvalue weighted by Gasteiger charge is 2.27. The SMILES string of the molecule is O=C(c1ccc2nccnc2c1)N1CCCCC1CNc1cnc2cc(F)c(F)cc2n1. The van der Waals surface area contributed by atoms with Gasteiger partial charge in [-0.1, -0.05) is 0 Å². The van der Waals surface area contributed by atoms with Crippen molar-refractivity contribution in [3.63, 3.8) is 0 Å². The molecule has 0 bridgehead atoms. The number of anilines is 1. The summed E-state index contributed by atoms with van der Waals surface area (Å²) in [6.07, 6.45) is 7.53. The van der Waals surface area contributed by atoms with Gasteiger partial charge in [-0.15, -0.1) is 0 Å². The second-order valence-corrected chi connectivity index (χ2v) is 7.80. The zero-order chi connectivity index (χ0) is 22.1. The van der Waals surface area contributed by atoms with E-state index in [0.29, 0.717) is 30.0 Å². The van der Waals surface area contributed by atoms with E-state index in [1.165, 1.54) is 6.20 Å². The number of hydrogen-bond acceptors (Lipinski definition) is 6. The molecule has 9 heteroatoms. The molecule has 0 radical (unpaired) electrons. The van der Waals surface area contributed by atoms with Crippen LogP contribution in [0.1, 0.15) is 29.6 Å². The number of piperidine rings is 1. The predicted octanol–water partition coefficient (Wildman–Crippen LogP) is 3.96. The van der Waals surface area contributed by atoms with Crippen molar-refractivity contribution in [2.24, 2.45) is 0 Å². The second-order valence-electron chi connectivity index (χ2n) is 7.80. The molecule has 2 aromatic carbocycles. The molecule has 1 amide bonds. The molecule has 1 aliphatic rings. The van der Waals surface area contributed by atoms with E-state index in [0.717, 1.165) is 36.9 Å². The van der Waals surface area contributed by atoms with Crippen LogP contribution >= 0.6 is 0 Å². The van der Waals surface area contributed by atoms with Crippen LogP contribution in [0.25, 0.3) is 22.1 Å². The number of hydrogen-bond donors (Lipinski definition) is 1. The van der Waals surface area contributed by atoms with E-state index in [4.69, 9.17) is 0 Å². The van der Waals surface area contributed by atoms with Gasteiger partial charge < -0.3 is 10.2 Å². The third kappa shape index (κ3) is 3.93. The highest BCUT2D eigenvalue weighted by atomic mass is 19.2. The second kappa shape index (κ2) is 8.41. The average Bonchev–Trinajstić information content (AvgIpc) is 2.83. The van der Waals surface area contributed by atoms with Crippen LogP contribution in [0.4, 0.5) is 14.6 Å². The van der Waals surface area contributed by atoms with Gasteiger partial charge in [-0.2, -0.15) is 0 Å². The summed E-state index contributed by atoms with van der Waals surface area (Å²) >= 11 is 0. The van der Waals surface area contributed by atoms with E-state index in [1.807, 2.05) is 4.90 Å². The molecule has 1 N–H and O–H groups in total. The molecule has 1 unspecified atom stereocenters. The van der Waals surface area contributed by atoms with E-state index in [-0.39, 0.29) is 23.0 Å². The lowest BCUT2D eigenvalue weighted by atomic mass is 10.0. The topological polar surface area (TPSA) is 83.9 Å². The minimum Gasteiger partial charge on any atom is -0.367 e. The highest BCUT2D eigenvalue weighted by Crippen LogP contribution is 2.22. The largest absolute Gasteiger partial charge is 0.367 e. The number of halogens is 2. The summed E-state index contributed by atoms with van der Waals surface area (Å²) in [5, 5.41) is 3.20. The van der Waals surface area contributed by atoms with E-state index < -0.39 is 11.6 Å². The number of aromatic nitrogens is 4. The normalized spacial score (nSPS) is 16.4. The van der Waals surface area contributed by atoms with Crippen molar-refractivity contribution in [3.05, 3.63) is 66.1 Å². The number of likely N-dealkylation sites (tertiary alicyclic amines) is 1. The summed E-state index contributed by atoms with van der Waals surface area (Å²) in [7, 11) is 0. The number of carbonyl (C=O) groups excluding carboxylic acids is 1. The van der Waals surface area contributed by atoms with Crippen molar-refractivity contribution in [1.29, 1.82) is 0 Å². The van der Waals surface area contributed by atoms with Gasteiger partial charge in [0.15, 0.2) is 11.6 Å². The monoisotopic (exact) mass is 434 g/mol. The number of amides is 1. The van der Waals surface area contributed by atoms with Crippen LogP contribution < -0.4 is 5.32 Å². The summed E-state index contributed by atoms with van der Waals surface area (Å²) < 4.78 is 26.9. The number of rotatable bonds is 4. The smallest absolute Gasteiger partial charge is 0.254 e. The Morgan fingerprint density at radius 3 is 2.56 bits per heavy atom. The van der Waals surface area contributed by atoms with Crippen LogP contribution in [0, 0.1) is 11.6 Å². The Labute approximate surface area is 182 Å². The van der Waals surface area contributed by atoms with Crippen molar-refractivity contribution in [2.45, 2.75) is 25.3 Å². The molecule has 2 aromatic heterocycles. The Morgan fingerprint density at radius 1 is 0.969 bits per heavy atom. The van der Waals surface area contributed by atoms with Crippen molar-refractivity contribution in [3.8, 4) is 0 Å². The van der Waals surface area contributed by atoms with Gasteiger partial charge >= 0.3 is 0 Å². The first-order chi connectivity index (χ1) is 15.6. The van der Waals surface area contributed by atoms with Gasteiger partial charge in [-0.05, 0) is 37.5 Å². The maximum Gasteiger partial charge on any atom is 0.254 e. The molecule has 0 aliphatic carbocycles. The first-order valence-electron chi connectivity index (χ1n) is 10.5. The molecule has 1 atom stereocenters. The molecule has 0 spiro atoms. The lowest BCUT2D eigenvalue weighted by Gasteiger charge is -2.36. The zero-order valence-corrected chi connectivity index (χ0v) is 17.1. The molecule has 0 saturated carbocycles. The van der Waals surface area contributed by atoms with Crippen LogP contribution in [0.15, 0.2) is 48.9 Å². The van der Waals surface area contributed by atoms with Gasteiger partial charge in [0.25, 0.3) is 5.91 Å². The molecule has 32 heavy (non-hydrogen) atoms. The number of nitrogens with one attached hydrogen (secondary N) is 1. The summed E-state index contributed by atoms with van der Waals surface area (Å²) in [6.45, 7) is 1.14. The summed E-state index contributed by atoms with van der Waals surface area (Å²) in [5.74, 6) is -1.52. The van der Waals surface area contributed by atoms with Crippen LogP contribution in [0.5, 0.6) is 0 Å². The molecule has 1 fully saturated rings. The maximum absolute atomic E-state index is 13.5. The van der Waals surface area contributed by atoms with Crippen molar-refractivity contribution >= 4 is 33.8 Å². The number of benzene rings is 2. The molecule has 162 valence electrons. The van der Waals surface area contributed by atoms with E-state index >= 15 is 0 Å². The van der Waals surface area contributed by atoms with Crippen molar-refractivity contribution in [1.82, 2.24) is 24.8 Å². The third-order valence-electron chi connectivity index (χ3n) is 5.71. The van der Waals surface area contributed by atoms with Gasteiger partial charge in [0, 0.05) is 49.2 Å². The van der Waals surface area contributed by atoms with Crippen LogP contribution in [0.2, 0.25) is 0 Å². The van der Waals surface area contributed by atoms with Gasteiger partial charge in [-0.25, -0.2) is 13.8 Å². The van der Waals surface area contributed by atoms with E-state index in [9.17, 15) is 13.6 Å². The summed E-state index contributed by atoms with van der Waals surface area (Å²) in [5.41, 5.74) is 2.55. The van der Waals surface area contributed by atoms with Crippen molar-refractivity contribution in [2.75, 3.05) is 18.4 Å². The quantitative estimate of drug-likeness (QED) is 0.524. The minimum absolute atomic E-state index is 0.0312. The van der Waals surface area contributed by atoms with Gasteiger partial charge in [0.2, 0.25) is 0 Å². The first kappa shape index (κ1) is 20.2. The Morgan fingerprint density at radius 2 is 1.72 bits per heavy atom. The predicted molar refractivity (Wildman–Crippen MR) is 116 cm³/mol. The lowest BCUT2D eigenvalue weighted by molar-refractivity contribution is 0.0628. The van der Waals surface area contributed by atoms with Crippen LogP contribution in [-0.2, 0) is 0 Å². The Kier molecular flexibility index (Phi) is 5.30. The number of fused-ring (bicyclic) bond motifs is 2. The standard InChI is InChI=1S/C23H20F2N6O/c24-16-10-20-21(11-17(16)25)30-22(13-28-20)29-12-15-3-1-2-8-31(15)23(32)14-4-5-18-19(9-14)27-7-6-26-18/h4-7,9-11,13,15H,1-3,8,12H2,(H,29,30). The Hall–Kier alpha value is -3.75. The molecule has 1 aliphatic heterocycles. The third-order valence-corrected chi connectivity index (χ3v) is 5.71. The fraction of sp³-hybridized carbons (Fsp3) is 0.261. The fourth-order valence-electron chi connectivity index (χ4n) is 4.06. The van der Waals surface area contributed by atoms with E-state index in [2.05, 4.69) is 25.3 Å². The zero-order valence-electron chi connectivity index (χ0n) is 17.1. The molecular weight excluding hydrogens is 414 g/mol. The van der Waals surface area contributed by atoms with Gasteiger partial charge in [-0.3, -0.25) is 19.7 Å². The summed E-state index contributed by atoms with van der Waals surface area (Å²) in [6, 6.07) is 7.38. The number of carbonyl (C=O) groups is 1. The number of nitrogens with zero attached hydrogens (tertiary/aromatic N) is 5.